The average molecular weight is 201 g/mol. The summed E-state index contributed by atoms with van der Waals surface area (Å²) >= 11 is 2.06. The fourth-order valence-electron chi connectivity index (χ4n) is 2.52. The average Bonchev–Trinajstić information content (AvgIpc) is 2.69. The highest BCUT2D eigenvalue weighted by atomic mass is 32.2. The minimum absolute atomic E-state index is 0.0745. The number of thioether (sulfide) groups is 1. The minimum atomic E-state index is 0.0745. The van der Waals surface area contributed by atoms with Gasteiger partial charge in [-0.15, -0.1) is 0 Å². The van der Waals surface area contributed by atoms with Crippen LogP contribution in [0.25, 0.3) is 0 Å². The normalized spacial score (nSPS) is 40.8. The van der Waals surface area contributed by atoms with Crippen molar-refractivity contribution >= 4 is 11.8 Å². The van der Waals surface area contributed by atoms with Crippen LogP contribution in [0.5, 0.6) is 0 Å². The number of aliphatic hydroxyl groups excluding tert-OH is 1. The Morgan fingerprint density at radius 1 is 1.38 bits per heavy atom. The molecule has 0 radical (unpaired) electrons. The van der Waals surface area contributed by atoms with Gasteiger partial charge in [-0.1, -0.05) is 6.42 Å². The van der Waals surface area contributed by atoms with Crippen molar-refractivity contribution in [3.63, 3.8) is 0 Å². The molecule has 0 amide bonds. The van der Waals surface area contributed by atoms with Crippen molar-refractivity contribution in [1.82, 2.24) is 5.32 Å². The molecule has 0 aliphatic carbocycles. The molecule has 0 saturated carbocycles. The molecule has 76 valence electrons. The van der Waals surface area contributed by atoms with Crippen molar-refractivity contribution in [2.24, 2.45) is 0 Å². The molecule has 2 aliphatic heterocycles. The van der Waals surface area contributed by atoms with E-state index in [0.29, 0.717) is 11.9 Å². The first-order valence-electron chi connectivity index (χ1n) is 5.35. The summed E-state index contributed by atoms with van der Waals surface area (Å²) in [4.78, 5) is 0. The summed E-state index contributed by atoms with van der Waals surface area (Å²) in [5.74, 6) is 1.29. The Labute approximate surface area is 84.5 Å². The first-order chi connectivity index (χ1) is 6.37. The monoisotopic (exact) mass is 201 g/mol. The van der Waals surface area contributed by atoms with E-state index in [9.17, 15) is 5.11 Å². The van der Waals surface area contributed by atoms with Crippen molar-refractivity contribution in [2.45, 2.75) is 42.9 Å². The van der Waals surface area contributed by atoms with Gasteiger partial charge in [0, 0.05) is 5.25 Å². The van der Waals surface area contributed by atoms with Crippen LogP contribution in [0.2, 0.25) is 0 Å². The molecule has 2 atom stereocenters. The molecule has 3 heteroatoms. The Hall–Kier alpha value is 0.270. The van der Waals surface area contributed by atoms with Crippen LogP contribution in [0.1, 0.15) is 32.1 Å². The van der Waals surface area contributed by atoms with Crippen LogP contribution in [-0.2, 0) is 0 Å². The molecule has 13 heavy (non-hydrogen) atoms. The summed E-state index contributed by atoms with van der Waals surface area (Å²) in [6, 6.07) is 0. The van der Waals surface area contributed by atoms with Gasteiger partial charge >= 0.3 is 0 Å². The third kappa shape index (κ3) is 1.88. The van der Waals surface area contributed by atoms with E-state index in [1.165, 1.54) is 37.9 Å². The number of hydrogen-bond acceptors (Lipinski definition) is 3. The summed E-state index contributed by atoms with van der Waals surface area (Å²) < 4.78 is 0. The molecule has 2 fully saturated rings. The first kappa shape index (κ1) is 9.81. The van der Waals surface area contributed by atoms with Crippen molar-refractivity contribution in [1.29, 1.82) is 0 Å². The van der Waals surface area contributed by atoms with Crippen LogP contribution < -0.4 is 5.32 Å². The predicted octanol–water partition coefficient (Wildman–Crippen LogP) is 1.39. The lowest BCUT2D eigenvalue weighted by Gasteiger charge is -2.38. The molecule has 0 aromatic carbocycles. The van der Waals surface area contributed by atoms with E-state index in [1.807, 2.05) is 0 Å². The molecular formula is C10H19NOS. The quantitative estimate of drug-likeness (QED) is 0.708. The van der Waals surface area contributed by atoms with E-state index >= 15 is 0 Å². The molecule has 0 aromatic rings. The fourth-order valence-corrected chi connectivity index (χ4v) is 4.10. The molecule has 0 spiro atoms. The maximum atomic E-state index is 9.49. The van der Waals surface area contributed by atoms with Crippen molar-refractivity contribution in [3.05, 3.63) is 0 Å². The van der Waals surface area contributed by atoms with E-state index in [2.05, 4.69) is 17.1 Å². The predicted molar refractivity (Wildman–Crippen MR) is 57.2 cm³/mol. The molecule has 2 heterocycles. The van der Waals surface area contributed by atoms with Gasteiger partial charge in [0.2, 0.25) is 0 Å². The standard InChI is InChI=1S/C10H19NOS/c12-8-10(5-3-6-11-10)9-4-1-2-7-13-9/h9,11-12H,1-8H2. The van der Waals surface area contributed by atoms with Crippen LogP contribution in [0.15, 0.2) is 0 Å². The number of hydrogen-bond donors (Lipinski definition) is 2. The maximum Gasteiger partial charge on any atom is 0.0624 e. The van der Waals surface area contributed by atoms with Crippen LogP contribution >= 0.6 is 11.8 Å². The molecule has 2 N–H and O–H groups in total. The zero-order valence-electron chi connectivity index (χ0n) is 8.09. The lowest BCUT2D eigenvalue weighted by molar-refractivity contribution is 0.170. The van der Waals surface area contributed by atoms with E-state index in [-0.39, 0.29) is 5.54 Å². The number of aliphatic hydroxyl groups is 1. The Bertz CT molecular complexity index is 162. The second-order valence-corrected chi connectivity index (χ2v) is 5.51. The lowest BCUT2D eigenvalue weighted by atomic mass is 9.90. The highest BCUT2D eigenvalue weighted by Gasteiger charge is 2.41. The summed E-state index contributed by atoms with van der Waals surface area (Å²) in [6.45, 7) is 1.42. The molecule has 2 aliphatic rings. The third-order valence-corrected chi connectivity index (χ3v) is 4.97. The topological polar surface area (TPSA) is 32.3 Å². The molecular weight excluding hydrogens is 182 g/mol. The summed E-state index contributed by atoms with van der Waals surface area (Å²) in [5.41, 5.74) is 0.0745. The highest BCUT2D eigenvalue weighted by molar-refractivity contribution is 8.00. The van der Waals surface area contributed by atoms with Gasteiger partial charge in [0.25, 0.3) is 0 Å². The van der Waals surface area contributed by atoms with Crippen LogP contribution in [0.4, 0.5) is 0 Å². The van der Waals surface area contributed by atoms with Gasteiger partial charge in [-0.05, 0) is 38.0 Å². The van der Waals surface area contributed by atoms with Gasteiger partial charge in [0.15, 0.2) is 0 Å². The second kappa shape index (κ2) is 4.20. The van der Waals surface area contributed by atoms with Gasteiger partial charge in [0.05, 0.1) is 12.1 Å². The van der Waals surface area contributed by atoms with E-state index in [4.69, 9.17) is 0 Å². The molecule has 0 aromatic heterocycles. The first-order valence-corrected chi connectivity index (χ1v) is 6.40. The van der Waals surface area contributed by atoms with Crippen LogP contribution in [0, 0.1) is 0 Å². The second-order valence-electron chi connectivity index (χ2n) is 4.20. The van der Waals surface area contributed by atoms with Crippen molar-refractivity contribution < 1.29 is 5.11 Å². The SMILES string of the molecule is OCC1(C2CCCCS2)CCCN1. The van der Waals surface area contributed by atoms with Gasteiger partial charge in [0.1, 0.15) is 0 Å². The van der Waals surface area contributed by atoms with E-state index in [1.54, 1.807) is 0 Å². The Morgan fingerprint density at radius 2 is 2.31 bits per heavy atom. The Balaban J connectivity index is 2.01. The third-order valence-electron chi connectivity index (χ3n) is 3.35. The number of rotatable bonds is 2. The zero-order valence-corrected chi connectivity index (χ0v) is 8.91. The molecule has 0 bridgehead atoms. The summed E-state index contributed by atoms with van der Waals surface area (Å²) in [6.07, 6.45) is 6.40. The van der Waals surface area contributed by atoms with E-state index < -0.39 is 0 Å². The minimum Gasteiger partial charge on any atom is -0.394 e. The van der Waals surface area contributed by atoms with Gasteiger partial charge in [-0.25, -0.2) is 0 Å². The smallest absolute Gasteiger partial charge is 0.0624 e. The molecule has 2 nitrogen and oxygen atoms in total. The number of nitrogens with one attached hydrogen (secondary N) is 1. The summed E-state index contributed by atoms with van der Waals surface area (Å²) in [7, 11) is 0. The van der Waals surface area contributed by atoms with Gasteiger partial charge < -0.3 is 10.4 Å². The fraction of sp³-hybridized carbons (Fsp3) is 1.00. The van der Waals surface area contributed by atoms with Crippen molar-refractivity contribution in [2.75, 3.05) is 18.9 Å². The highest BCUT2D eigenvalue weighted by Crippen LogP contribution is 2.37. The molecule has 2 unspecified atom stereocenters. The van der Waals surface area contributed by atoms with Crippen LogP contribution in [0.3, 0.4) is 0 Å². The largest absolute Gasteiger partial charge is 0.394 e. The maximum absolute atomic E-state index is 9.49. The Morgan fingerprint density at radius 3 is 2.85 bits per heavy atom. The van der Waals surface area contributed by atoms with Crippen LogP contribution in [-0.4, -0.2) is 34.8 Å². The zero-order chi connectivity index (χ0) is 9.15. The molecule has 2 saturated heterocycles. The van der Waals surface area contributed by atoms with E-state index in [0.717, 1.165) is 6.54 Å². The summed E-state index contributed by atoms with van der Waals surface area (Å²) in [5, 5.41) is 13.7. The van der Waals surface area contributed by atoms with Crippen molar-refractivity contribution in [3.8, 4) is 0 Å². The van der Waals surface area contributed by atoms with Gasteiger partial charge in [-0.3, -0.25) is 0 Å². The Kier molecular flexibility index (Phi) is 3.17. The lowest BCUT2D eigenvalue weighted by Crippen LogP contribution is -2.52. The molecule has 2 rings (SSSR count). The van der Waals surface area contributed by atoms with Gasteiger partial charge in [-0.2, -0.15) is 11.8 Å².